The maximum atomic E-state index is 14.7. The largest absolute Gasteiger partial charge is 0.435 e. The van der Waals surface area contributed by atoms with Gasteiger partial charge in [-0.2, -0.15) is 8.78 Å². The van der Waals surface area contributed by atoms with Crippen molar-refractivity contribution in [2.24, 2.45) is 11.8 Å². The van der Waals surface area contributed by atoms with Gasteiger partial charge in [0.2, 0.25) is 5.76 Å². The van der Waals surface area contributed by atoms with Crippen LogP contribution < -0.4 is 10.6 Å². The molecule has 1 saturated carbocycles. The van der Waals surface area contributed by atoms with E-state index in [1.54, 1.807) is 36.4 Å². The van der Waals surface area contributed by atoms with Gasteiger partial charge in [0, 0.05) is 23.4 Å². The highest BCUT2D eigenvalue weighted by Crippen LogP contribution is 2.35. The summed E-state index contributed by atoms with van der Waals surface area (Å²) in [4.78, 5) is 30.0. The lowest BCUT2D eigenvalue weighted by Gasteiger charge is -2.26. The molecule has 8 heteroatoms. The highest BCUT2D eigenvalue weighted by Gasteiger charge is 2.38. The van der Waals surface area contributed by atoms with E-state index in [1.165, 1.54) is 12.8 Å². The molecule has 2 amide bonds. The molecule has 5 rings (SSSR count). The van der Waals surface area contributed by atoms with Gasteiger partial charge in [0.1, 0.15) is 0 Å². The zero-order valence-corrected chi connectivity index (χ0v) is 25.7. The Labute approximate surface area is 263 Å². The number of anilines is 2. The number of nitrogens with one attached hydrogen (secondary N) is 2. The summed E-state index contributed by atoms with van der Waals surface area (Å²) in [5.41, 5.74) is 3.81. The number of hydrogen-bond acceptors (Lipinski definition) is 4. The first-order valence-electron chi connectivity index (χ1n) is 15.6. The van der Waals surface area contributed by atoms with E-state index in [0.29, 0.717) is 35.6 Å². The van der Waals surface area contributed by atoms with E-state index in [9.17, 15) is 18.4 Å². The van der Waals surface area contributed by atoms with Gasteiger partial charge in [0.15, 0.2) is 11.6 Å². The number of amides is 2. The smallest absolute Gasteiger partial charge is 0.311 e. The number of benzene rings is 3. The predicted molar refractivity (Wildman–Crippen MR) is 174 cm³/mol. The van der Waals surface area contributed by atoms with Crippen LogP contribution in [0, 0.1) is 11.8 Å². The van der Waals surface area contributed by atoms with E-state index in [4.69, 9.17) is 4.42 Å². The standard InChI is InChI=1S/C37H39F2N3O3/c1-4-26-11-6-7-12-31(26)41-35(43)29-16-14-27(15-17-29)28-18-20-30(21-19-28)40-36(44)33-34(37(38,39)5-2)42-32(45-33)22-13-25-10-8-9-24(3)23-25/h5-7,11-12,14-21,24-25H,2,4,8-10,13,22-23H2,1,3H3,(H,40,44)(H,41,43). The fourth-order valence-corrected chi connectivity index (χ4v) is 5.99. The van der Waals surface area contributed by atoms with Crippen LogP contribution in [-0.2, 0) is 18.8 Å². The number of hydrogen-bond donors (Lipinski definition) is 2. The predicted octanol–water partition coefficient (Wildman–Crippen LogP) is 9.45. The van der Waals surface area contributed by atoms with Crippen LogP contribution in [0.15, 0.2) is 89.9 Å². The number of rotatable bonds is 11. The SMILES string of the molecule is C=CC(F)(F)c1nc(CCC2CCCC(C)C2)oc1C(=O)Nc1ccc(-c2ccc(C(=O)Nc3ccccc3CC)cc2)cc1. The molecule has 1 aliphatic carbocycles. The number of carbonyl (C=O) groups is 2. The Hall–Kier alpha value is -4.59. The zero-order valence-electron chi connectivity index (χ0n) is 25.7. The van der Waals surface area contributed by atoms with E-state index >= 15 is 0 Å². The van der Waals surface area contributed by atoms with E-state index < -0.39 is 23.3 Å². The number of allylic oxidation sites excluding steroid dienone is 1. The first-order valence-corrected chi connectivity index (χ1v) is 15.6. The molecular formula is C37H39F2N3O3. The van der Waals surface area contributed by atoms with Gasteiger partial charge in [0.25, 0.3) is 11.8 Å². The summed E-state index contributed by atoms with van der Waals surface area (Å²) in [7, 11) is 0. The molecule has 0 bridgehead atoms. The van der Waals surface area contributed by atoms with Crippen molar-refractivity contribution in [3.05, 3.63) is 114 Å². The molecule has 0 radical (unpaired) electrons. The number of aryl methyl sites for hydroxylation is 2. The minimum Gasteiger partial charge on any atom is -0.435 e. The zero-order chi connectivity index (χ0) is 32.0. The van der Waals surface area contributed by atoms with Crippen LogP contribution in [0.4, 0.5) is 20.2 Å². The number of para-hydroxylation sites is 1. The van der Waals surface area contributed by atoms with Crippen LogP contribution in [-0.4, -0.2) is 16.8 Å². The van der Waals surface area contributed by atoms with Crippen LogP contribution >= 0.6 is 0 Å². The van der Waals surface area contributed by atoms with Crippen molar-refractivity contribution >= 4 is 23.2 Å². The fraction of sp³-hybridized carbons (Fsp3) is 0.324. The number of oxazole rings is 1. The second-order valence-electron chi connectivity index (χ2n) is 11.9. The molecule has 1 aromatic heterocycles. The maximum absolute atomic E-state index is 14.7. The van der Waals surface area contributed by atoms with Crippen LogP contribution in [0.25, 0.3) is 11.1 Å². The van der Waals surface area contributed by atoms with Gasteiger partial charge < -0.3 is 15.1 Å². The monoisotopic (exact) mass is 611 g/mol. The molecule has 4 aromatic rings. The van der Waals surface area contributed by atoms with Crippen LogP contribution in [0.3, 0.4) is 0 Å². The summed E-state index contributed by atoms with van der Waals surface area (Å²) < 4.78 is 35.1. The van der Waals surface area contributed by atoms with Gasteiger partial charge in [-0.05, 0) is 84.2 Å². The second-order valence-corrected chi connectivity index (χ2v) is 11.9. The molecule has 6 nitrogen and oxygen atoms in total. The molecule has 0 aliphatic heterocycles. The fourth-order valence-electron chi connectivity index (χ4n) is 5.99. The summed E-state index contributed by atoms with van der Waals surface area (Å²) in [6.07, 6.45) is 7.06. The topological polar surface area (TPSA) is 84.2 Å². The third kappa shape index (κ3) is 7.74. The average molecular weight is 612 g/mol. The van der Waals surface area contributed by atoms with Crippen LogP contribution in [0.1, 0.15) is 84.0 Å². The van der Waals surface area contributed by atoms with E-state index in [2.05, 4.69) is 29.1 Å². The average Bonchev–Trinajstić information content (AvgIpc) is 3.50. The maximum Gasteiger partial charge on any atom is 0.311 e. The Morgan fingerprint density at radius 2 is 1.67 bits per heavy atom. The van der Waals surface area contributed by atoms with Crippen molar-refractivity contribution < 1.29 is 22.8 Å². The van der Waals surface area contributed by atoms with Crippen molar-refractivity contribution in [2.45, 2.75) is 64.7 Å². The van der Waals surface area contributed by atoms with E-state index in [1.807, 2.05) is 43.3 Å². The third-order valence-electron chi connectivity index (χ3n) is 8.53. The highest BCUT2D eigenvalue weighted by atomic mass is 19.3. The number of alkyl halides is 2. The first kappa shape index (κ1) is 31.8. The molecule has 0 saturated heterocycles. The summed E-state index contributed by atoms with van der Waals surface area (Å²) in [5, 5.41) is 5.64. The summed E-state index contributed by atoms with van der Waals surface area (Å²) >= 11 is 0. The minimum absolute atomic E-state index is 0.136. The number of halogens is 2. The van der Waals surface area contributed by atoms with Crippen molar-refractivity contribution in [3.8, 4) is 11.1 Å². The van der Waals surface area contributed by atoms with Gasteiger partial charge >= 0.3 is 5.92 Å². The molecule has 1 heterocycles. The van der Waals surface area contributed by atoms with Crippen LogP contribution in [0.2, 0.25) is 0 Å². The van der Waals surface area contributed by atoms with Gasteiger partial charge in [-0.15, -0.1) is 0 Å². The molecule has 2 N–H and O–H groups in total. The Bertz CT molecular complexity index is 1640. The van der Waals surface area contributed by atoms with Gasteiger partial charge in [-0.1, -0.05) is 82.2 Å². The van der Waals surface area contributed by atoms with E-state index in [0.717, 1.165) is 48.1 Å². The molecule has 2 atom stereocenters. The normalized spacial score (nSPS) is 16.6. The lowest BCUT2D eigenvalue weighted by Crippen LogP contribution is -2.19. The van der Waals surface area contributed by atoms with Gasteiger partial charge in [-0.25, -0.2) is 4.98 Å². The highest BCUT2D eigenvalue weighted by molar-refractivity contribution is 6.05. The first-order chi connectivity index (χ1) is 21.7. The molecule has 234 valence electrons. The lowest BCUT2D eigenvalue weighted by atomic mass is 9.80. The Kier molecular flexibility index (Phi) is 9.91. The number of aromatic nitrogens is 1. The van der Waals surface area contributed by atoms with Crippen molar-refractivity contribution in [3.63, 3.8) is 0 Å². The molecule has 0 spiro atoms. The Balaban J connectivity index is 1.24. The van der Waals surface area contributed by atoms with Gasteiger partial charge in [0.05, 0.1) is 0 Å². The summed E-state index contributed by atoms with van der Waals surface area (Å²) in [6, 6.07) is 21.9. The molecule has 2 unspecified atom stereocenters. The lowest BCUT2D eigenvalue weighted by molar-refractivity contribution is 0.0456. The van der Waals surface area contributed by atoms with Crippen molar-refractivity contribution in [1.29, 1.82) is 0 Å². The summed E-state index contributed by atoms with van der Waals surface area (Å²) in [6.45, 7) is 7.50. The van der Waals surface area contributed by atoms with Crippen molar-refractivity contribution in [2.75, 3.05) is 10.6 Å². The summed E-state index contributed by atoms with van der Waals surface area (Å²) in [5.74, 6) is -3.73. The third-order valence-corrected chi connectivity index (χ3v) is 8.53. The number of nitrogens with zero attached hydrogens (tertiary/aromatic N) is 1. The number of carbonyl (C=O) groups excluding carboxylic acids is 2. The molecule has 45 heavy (non-hydrogen) atoms. The Morgan fingerprint density at radius 1 is 0.978 bits per heavy atom. The molecular weight excluding hydrogens is 572 g/mol. The van der Waals surface area contributed by atoms with Crippen molar-refractivity contribution in [1.82, 2.24) is 4.98 Å². The Morgan fingerprint density at radius 3 is 2.33 bits per heavy atom. The molecule has 1 aliphatic rings. The minimum atomic E-state index is -3.51. The second kappa shape index (κ2) is 14.0. The molecule has 1 fully saturated rings. The van der Waals surface area contributed by atoms with Crippen LogP contribution in [0.5, 0.6) is 0 Å². The van der Waals surface area contributed by atoms with Gasteiger partial charge in [-0.3, -0.25) is 9.59 Å². The quantitative estimate of drug-likeness (QED) is 0.166. The van der Waals surface area contributed by atoms with E-state index in [-0.39, 0.29) is 11.8 Å². The molecule has 3 aromatic carbocycles.